The molecule has 0 saturated carbocycles. The van der Waals surface area contributed by atoms with E-state index in [1.807, 2.05) is 55.5 Å². The maximum absolute atomic E-state index is 14.3. The summed E-state index contributed by atoms with van der Waals surface area (Å²) in [7, 11) is 3.72. The molecule has 0 aliphatic carbocycles. The number of ether oxygens (including phenoxy) is 6. The fraction of sp³-hybridized carbons (Fsp3) is 0.300. The summed E-state index contributed by atoms with van der Waals surface area (Å²) in [5.74, 6) is 1.94. The van der Waals surface area contributed by atoms with Crippen molar-refractivity contribution < 1.29 is 42.0 Å². The van der Waals surface area contributed by atoms with Gasteiger partial charge in [0.2, 0.25) is 17.7 Å². The SMILES string of the molecule is CCOC(=O)[C@H]1Cc2cc(ccc2OCc2ccnc(-c3ccccc3OC)n2)OC[C@@H](CN2CCN(C)CC2)Oc2ccc(c(C)c2Cl)-c2c(-c3ccc(F)cc3)oc3ncnc(c23)O1. The third-order valence-electron chi connectivity index (χ3n) is 11.6. The predicted octanol–water partition coefficient (Wildman–Crippen LogP) is 8.64. The Kier molecular flexibility index (Phi) is 13.3. The van der Waals surface area contributed by atoms with Crippen LogP contribution in [0.1, 0.15) is 23.7 Å². The number of piperazine rings is 1. The summed E-state index contributed by atoms with van der Waals surface area (Å²) in [5.41, 5.74) is 4.55. The van der Waals surface area contributed by atoms with Crippen LogP contribution in [0.4, 0.5) is 4.39 Å². The largest absolute Gasteiger partial charge is 0.496 e. The van der Waals surface area contributed by atoms with Crippen LogP contribution in [0.5, 0.6) is 28.9 Å². The number of para-hydroxylation sites is 1. The second-order valence-electron chi connectivity index (χ2n) is 16.1. The molecular formula is C50H48ClFN6O8. The second kappa shape index (κ2) is 19.7. The predicted molar refractivity (Wildman–Crippen MR) is 246 cm³/mol. The molecule has 7 aromatic rings. The maximum Gasteiger partial charge on any atom is 0.347 e. The molecule has 0 radical (unpaired) electrons. The van der Waals surface area contributed by atoms with E-state index >= 15 is 0 Å². The Labute approximate surface area is 386 Å². The minimum Gasteiger partial charge on any atom is -0.496 e. The van der Waals surface area contributed by atoms with Gasteiger partial charge >= 0.3 is 5.97 Å². The molecular weight excluding hydrogens is 867 g/mol. The van der Waals surface area contributed by atoms with Gasteiger partial charge in [-0.05, 0) is 98.8 Å². The van der Waals surface area contributed by atoms with Gasteiger partial charge in [0.25, 0.3) is 0 Å². The number of esters is 1. The molecule has 0 unspecified atom stereocenters. The topological polar surface area (TPSA) is 144 Å². The Morgan fingerprint density at radius 2 is 1.74 bits per heavy atom. The molecule has 6 heterocycles. The second-order valence-corrected chi connectivity index (χ2v) is 16.4. The molecule has 340 valence electrons. The molecule has 3 aliphatic rings. The van der Waals surface area contributed by atoms with E-state index in [1.165, 1.54) is 18.5 Å². The van der Waals surface area contributed by atoms with Crippen molar-refractivity contribution in [3.63, 3.8) is 0 Å². The van der Waals surface area contributed by atoms with Gasteiger partial charge in [-0.1, -0.05) is 29.8 Å². The Bertz CT molecular complexity index is 2850. The molecule has 4 bridgehead atoms. The zero-order chi connectivity index (χ0) is 45.7. The lowest BCUT2D eigenvalue weighted by Gasteiger charge is -2.34. The van der Waals surface area contributed by atoms with Gasteiger partial charge in [0.15, 0.2) is 5.82 Å². The van der Waals surface area contributed by atoms with Crippen molar-refractivity contribution >= 4 is 28.7 Å². The monoisotopic (exact) mass is 914 g/mol. The van der Waals surface area contributed by atoms with E-state index < -0.39 is 24.0 Å². The molecule has 10 rings (SSSR count). The molecule has 66 heavy (non-hydrogen) atoms. The number of methoxy groups -OCH3 is 1. The van der Waals surface area contributed by atoms with Crippen molar-refractivity contribution in [1.29, 1.82) is 0 Å². The zero-order valence-electron chi connectivity index (χ0n) is 37.0. The molecule has 3 aromatic heterocycles. The lowest BCUT2D eigenvalue weighted by molar-refractivity contribution is -0.151. The van der Waals surface area contributed by atoms with Crippen molar-refractivity contribution in [2.75, 3.05) is 60.1 Å². The first-order chi connectivity index (χ1) is 32.1. The average molecular weight is 915 g/mol. The van der Waals surface area contributed by atoms with E-state index in [9.17, 15) is 9.18 Å². The van der Waals surface area contributed by atoms with E-state index in [0.29, 0.717) is 85.0 Å². The number of aromatic nitrogens is 4. The van der Waals surface area contributed by atoms with Crippen molar-refractivity contribution in [3.05, 3.63) is 125 Å². The first-order valence-electron chi connectivity index (χ1n) is 21.7. The van der Waals surface area contributed by atoms with Crippen molar-refractivity contribution in [1.82, 2.24) is 29.7 Å². The number of halogens is 2. The van der Waals surface area contributed by atoms with E-state index in [-0.39, 0.29) is 37.8 Å². The van der Waals surface area contributed by atoms with Crippen LogP contribution in [-0.4, -0.2) is 108 Å². The fourth-order valence-electron chi connectivity index (χ4n) is 8.17. The molecule has 0 amide bonds. The molecule has 2 atom stereocenters. The number of hydrogen-bond acceptors (Lipinski definition) is 14. The van der Waals surface area contributed by atoms with E-state index in [1.54, 1.807) is 44.5 Å². The van der Waals surface area contributed by atoms with E-state index in [2.05, 4.69) is 31.8 Å². The molecule has 1 fully saturated rings. The Hall–Kier alpha value is -6.81. The van der Waals surface area contributed by atoms with Crippen LogP contribution >= 0.6 is 11.6 Å². The number of benzene rings is 4. The molecule has 4 aromatic carbocycles. The normalized spacial score (nSPS) is 16.8. The van der Waals surface area contributed by atoms with Gasteiger partial charge in [0, 0.05) is 62.0 Å². The number of fused-ring (bicyclic) bond motifs is 7. The summed E-state index contributed by atoms with van der Waals surface area (Å²) in [6, 6.07) is 24.4. The number of furan rings is 1. The summed E-state index contributed by atoms with van der Waals surface area (Å²) in [6.07, 6.45) is 1.26. The van der Waals surface area contributed by atoms with Gasteiger partial charge < -0.3 is 37.7 Å². The summed E-state index contributed by atoms with van der Waals surface area (Å²) >= 11 is 7.24. The van der Waals surface area contributed by atoms with E-state index in [4.69, 9.17) is 49.4 Å². The minimum absolute atomic E-state index is 0.0223. The van der Waals surface area contributed by atoms with Gasteiger partial charge in [0.05, 0.1) is 30.0 Å². The van der Waals surface area contributed by atoms with Crippen LogP contribution in [0.15, 0.2) is 102 Å². The lowest BCUT2D eigenvalue weighted by Crippen LogP contribution is -2.49. The number of carbonyl (C=O) groups is 1. The van der Waals surface area contributed by atoms with Crippen LogP contribution in [0.25, 0.3) is 44.9 Å². The van der Waals surface area contributed by atoms with Crippen molar-refractivity contribution in [2.24, 2.45) is 0 Å². The van der Waals surface area contributed by atoms with Crippen LogP contribution in [0, 0.1) is 12.7 Å². The Morgan fingerprint density at radius 1 is 0.924 bits per heavy atom. The van der Waals surface area contributed by atoms with Crippen molar-refractivity contribution in [3.8, 4) is 62.7 Å². The first-order valence-corrected chi connectivity index (χ1v) is 22.1. The number of hydrogen-bond donors (Lipinski definition) is 0. The van der Waals surface area contributed by atoms with Gasteiger partial charge in [-0.15, -0.1) is 0 Å². The standard InChI is InChI=1S/C50H48ClFN6O8/c1-5-61-50(59)42-25-32-24-35(14-16-39(32)63-27-34-18-19-53-47(56-34)38-8-6-7-9-40(38)60-4)62-28-36(26-58-22-20-57(3)21-23-58)64-41-17-15-37(30(2)45(41)51)43-44-48(65-42)54-29-55-49(44)66-46(43)31-10-12-33(52)13-11-31/h6-19,24,29,36,42H,5,20-23,25-28H2,1-4H3/t36-,42-/m1/s1. The molecule has 0 N–H and O–H groups in total. The summed E-state index contributed by atoms with van der Waals surface area (Å²) < 4.78 is 58.4. The van der Waals surface area contributed by atoms with Gasteiger partial charge in [-0.25, -0.2) is 29.1 Å². The van der Waals surface area contributed by atoms with Crippen LogP contribution in [-0.2, 0) is 22.6 Å². The molecule has 1 saturated heterocycles. The Morgan fingerprint density at radius 3 is 2.55 bits per heavy atom. The van der Waals surface area contributed by atoms with Crippen LogP contribution < -0.4 is 23.7 Å². The highest BCUT2D eigenvalue weighted by atomic mass is 35.5. The third-order valence-corrected chi connectivity index (χ3v) is 12.1. The molecule has 16 heteroatoms. The fourth-order valence-corrected chi connectivity index (χ4v) is 8.38. The number of nitrogens with zero attached hydrogens (tertiary/aromatic N) is 6. The summed E-state index contributed by atoms with van der Waals surface area (Å²) in [4.78, 5) is 37.0. The van der Waals surface area contributed by atoms with Crippen LogP contribution in [0.3, 0.4) is 0 Å². The quantitative estimate of drug-likeness (QED) is 0.121. The first kappa shape index (κ1) is 44.4. The molecule has 14 nitrogen and oxygen atoms in total. The van der Waals surface area contributed by atoms with Crippen molar-refractivity contribution in [2.45, 2.75) is 39.1 Å². The number of carbonyl (C=O) groups excluding carboxylic acids is 1. The van der Waals surface area contributed by atoms with Gasteiger partial charge in [-0.2, -0.15) is 0 Å². The molecule has 3 aliphatic heterocycles. The van der Waals surface area contributed by atoms with Gasteiger partial charge in [-0.3, -0.25) is 4.90 Å². The van der Waals surface area contributed by atoms with E-state index in [0.717, 1.165) is 31.7 Å². The minimum atomic E-state index is -1.25. The highest BCUT2D eigenvalue weighted by Gasteiger charge is 2.31. The van der Waals surface area contributed by atoms with Crippen LogP contribution in [0.2, 0.25) is 5.02 Å². The smallest absolute Gasteiger partial charge is 0.347 e. The lowest BCUT2D eigenvalue weighted by atomic mass is 9.95. The molecule has 0 spiro atoms. The maximum atomic E-state index is 14.3. The number of likely N-dealkylation sites (N-methyl/N-ethyl adjacent to an activating group) is 1. The average Bonchev–Trinajstić information content (AvgIpc) is 3.72. The van der Waals surface area contributed by atoms with Gasteiger partial charge in [0.1, 0.15) is 65.6 Å². The summed E-state index contributed by atoms with van der Waals surface area (Å²) in [6.45, 7) is 8.10. The zero-order valence-corrected chi connectivity index (χ0v) is 37.7. The highest BCUT2D eigenvalue weighted by molar-refractivity contribution is 6.33. The number of rotatable bonds is 10. The summed E-state index contributed by atoms with van der Waals surface area (Å²) in [5, 5.41) is 0.755. The Balaban J connectivity index is 1.15. The highest BCUT2D eigenvalue weighted by Crippen LogP contribution is 2.47. The third kappa shape index (κ3) is 9.59.